The Hall–Kier alpha value is -0.940. The average Bonchev–Trinajstić information content (AvgIpc) is 2.67. The summed E-state index contributed by atoms with van der Waals surface area (Å²) in [4.78, 5) is 4.19. The Morgan fingerprint density at radius 3 is 3.07 bits per heavy atom. The number of aliphatic hydroxyl groups excluding tert-OH is 1. The van der Waals surface area contributed by atoms with Gasteiger partial charge in [-0.1, -0.05) is 12.1 Å². The zero-order valence-corrected chi connectivity index (χ0v) is 8.14. The Balaban J connectivity index is 2.12. The molecule has 1 N–H and O–H groups in total. The molecule has 0 bridgehead atoms. The molecule has 2 heterocycles. The van der Waals surface area contributed by atoms with Gasteiger partial charge in [-0.15, -0.1) is 0 Å². The van der Waals surface area contributed by atoms with Crippen LogP contribution in [-0.2, 0) is 11.2 Å². The molecule has 0 saturated carbocycles. The fourth-order valence-corrected chi connectivity index (χ4v) is 1.52. The van der Waals surface area contributed by atoms with E-state index in [4.69, 9.17) is 9.26 Å². The fraction of sp³-hybridized carbons (Fsp3) is 0.778. The van der Waals surface area contributed by atoms with Gasteiger partial charge in [-0.3, -0.25) is 0 Å². The molecule has 14 heavy (non-hydrogen) atoms. The Bertz CT molecular complexity index is 300. The van der Waals surface area contributed by atoms with E-state index in [-0.39, 0.29) is 5.92 Å². The molecule has 2 unspecified atom stereocenters. The van der Waals surface area contributed by atoms with Gasteiger partial charge in [-0.2, -0.15) is 4.98 Å². The monoisotopic (exact) mass is 198 g/mol. The fourth-order valence-electron chi connectivity index (χ4n) is 1.52. The van der Waals surface area contributed by atoms with Crippen LogP contribution in [0.25, 0.3) is 0 Å². The SMILES string of the molecule is CCc1noc(C2COCCC2O)n1. The van der Waals surface area contributed by atoms with E-state index >= 15 is 0 Å². The van der Waals surface area contributed by atoms with Crippen LogP contribution in [0.3, 0.4) is 0 Å². The van der Waals surface area contributed by atoms with Crippen molar-refractivity contribution >= 4 is 0 Å². The first kappa shape index (κ1) is 9.61. The Morgan fingerprint density at radius 2 is 2.43 bits per heavy atom. The summed E-state index contributed by atoms with van der Waals surface area (Å²) in [7, 11) is 0. The zero-order chi connectivity index (χ0) is 9.97. The summed E-state index contributed by atoms with van der Waals surface area (Å²) in [6.45, 7) is 3.03. The van der Waals surface area contributed by atoms with Gasteiger partial charge < -0.3 is 14.4 Å². The topological polar surface area (TPSA) is 68.4 Å². The van der Waals surface area contributed by atoms with Gasteiger partial charge in [0.2, 0.25) is 5.89 Å². The van der Waals surface area contributed by atoms with E-state index in [1.165, 1.54) is 0 Å². The first-order valence-corrected chi connectivity index (χ1v) is 4.89. The van der Waals surface area contributed by atoms with E-state index in [0.717, 1.165) is 6.42 Å². The molecule has 0 aromatic carbocycles. The lowest BCUT2D eigenvalue weighted by Crippen LogP contribution is -2.30. The quantitative estimate of drug-likeness (QED) is 0.749. The molecule has 1 aromatic rings. The molecule has 1 aliphatic heterocycles. The van der Waals surface area contributed by atoms with Gasteiger partial charge in [0.1, 0.15) is 0 Å². The Labute approximate surface area is 82.1 Å². The van der Waals surface area contributed by atoms with Gasteiger partial charge in [-0.25, -0.2) is 0 Å². The van der Waals surface area contributed by atoms with Gasteiger partial charge in [0.15, 0.2) is 5.82 Å². The molecular weight excluding hydrogens is 184 g/mol. The van der Waals surface area contributed by atoms with Crippen LogP contribution in [0.4, 0.5) is 0 Å². The van der Waals surface area contributed by atoms with Crippen LogP contribution < -0.4 is 0 Å². The van der Waals surface area contributed by atoms with Crippen LogP contribution in [0.15, 0.2) is 4.52 Å². The van der Waals surface area contributed by atoms with Crippen LogP contribution in [0.1, 0.15) is 31.0 Å². The minimum Gasteiger partial charge on any atom is -0.392 e. The first-order valence-electron chi connectivity index (χ1n) is 4.89. The molecule has 0 radical (unpaired) electrons. The maximum Gasteiger partial charge on any atom is 0.234 e. The van der Waals surface area contributed by atoms with E-state index in [1.54, 1.807) is 0 Å². The normalized spacial score (nSPS) is 27.9. The van der Waals surface area contributed by atoms with E-state index in [0.29, 0.717) is 31.3 Å². The van der Waals surface area contributed by atoms with Crippen molar-refractivity contribution in [1.29, 1.82) is 0 Å². The molecule has 1 saturated heterocycles. The van der Waals surface area contributed by atoms with Crippen molar-refractivity contribution in [3.63, 3.8) is 0 Å². The molecule has 1 aliphatic rings. The number of rotatable bonds is 2. The van der Waals surface area contributed by atoms with Crippen molar-refractivity contribution in [2.75, 3.05) is 13.2 Å². The number of hydrogen-bond acceptors (Lipinski definition) is 5. The lowest BCUT2D eigenvalue weighted by atomic mass is 9.99. The third-order valence-corrected chi connectivity index (χ3v) is 2.44. The smallest absolute Gasteiger partial charge is 0.234 e. The highest BCUT2D eigenvalue weighted by Gasteiger charge is 2.29. The standard InChI is InChI=1S/C9H14N2O3/c1-2-8-10-9(14-11-8)6-5-13-4-3-7(6)12/h6-7,12H,2-5H2,1H3. The summed E-state index contributed by atoms with van der Waals surface area (Å²) < 4.78 is 10.3. The summed E-state index contributed by atoms with van der Waals surface area (Å²) in [6, 6.07) is 0. The average molecular weight is 198 g/mol. The van der Waals surface area contributed by atoms with Crippen LogP contribution in [0, 0.1) is 0 Å². The summed E-state index contributed by atoms with van der Waals surface area (Å²) in [5.41, 5.74) is 0. The Morgan fingerprint density at radius 1 is 1.57 bits per heavy atom. The summed E-state index contributed by atoms with van der Waals surface area (Å²) in [5.74, 6) is 1.02. The molecular formula is C9H14N2O3. The van der Waals surface area contributed by atoms with E-state index in [2.05, 4.69) is 10.1 Å². The third kappa shape index (κ3) is 1.78. The highest BCUT2D eigenvalue weighted by molar-refractivity contribution is 4.98. The lowest BCUT2D eigenvalue weighted by molar-refractivity contribution is -0.0149. The number of aryl methyl sites for hydroxylation is 1. The molecule has 2 rings (SSSR count). The summed E-state index contributed by atoms with van der Waals surface area (Å²) in [5, 5.41) is 13.5. The molecule has 5 heteroatoms. The van der Waals surface area contributed by atoms with Crippen molar-refractivity contribution in [1.82, 2.24) is 10.1 Å². The minimum atomic E-state index is -0.422. The second-order valence-corrected chi connectivity index (χ2v) is 3.44. The third-order valence-electron chi connectivity index (χ3n) is 2.44. The van der Waals surface area contributed by atoms with Gasteiger partial charge >= 0.3 is 0 Å². The summed E-state index contributed by atoms with van der Waals surface area (Å²) in [6.07, 6.45) is 0.954. The van der Waals surface area contributed by atoms with Crippen molar-refractivity contribution in [2.45, 2.75) is 31.8 Å². The van der Waals surface area contributed by atoms with Crippen molar-refractivity contribution < 1.29 is 14.4 Å². The van der Waals surface area contributed by atoms with Gasteiger partial charge in [0.25, 0.3) is 0 Å². The molecule has 2 atom stereocenters. The van der Waals surface area contributed by atoms with Crippen LogP contribution in [0.2, 0.25) is 0 Å². The molecule has 1 fully saturated rings. The second kappa shape index (κ2) is 4.06. The van der Waals surface area contributed by atoms with Crippen molar-refractivity contribution in [3.05, 3.63) is 11.7 Å². The molecule has 0 aliphatic carbocycles. The number of nitrogens with zero attached hydrogens (tertiary/aromatic N) is 2. The van der Waals surface area contributed by atoms with E-state index < -0.39 is 6.10 Å². The lowest BCUT2D eigenvalue weighted by Gasteiger charge is -2.24. The highest BCUT2D eigenvalue weighted by atomic mass is 16.5. The van der Waals surface area contributed by atoms with Crippen molar-refractivity contribution in [3.8, 4) is 0 Å². The number of hydrogen-bond donors (Lipinski definition) is 1. The molecule has 0 amide bonds. The number of aromatic nitrogens is 2. The van der Waals surface area contributed by atoms with Crippen molar-refractivity contribution in [2.24, 2.45) is 0 Å². The number of ether oxygens (including phenoxy) is 1. The largest absolute Gasteiger partial charge is 0.392 e. The van der Waals surface area contributed by atoms with Crippen LogP contribution in [-0.4, -0.2) is 34.6 Å². The van der Waals surface area contributed by atoms with E-state index in [1.807, 2.05) is 6.92 Å². The number of aliphatic hydroxyl groups is 1. The Kier molecular flexibility index (Phi) is 2.79. The van der Waals surface area contributed by atoms with Crippen LogP contribution in [0.5, 0.6) is 0 Å². The van der Waals surface area contributed by atoms with Crippen LogP contribution >= 0.6 is 0 Å². The first-order chi connectivity index (χ1) is 6.81. The van der Waals surface area contributed by atoms with Gasteiger partial charge in [0, 0.05) is 13.0 Å². The minimum absolute atomic E-state index is 0.156. The highest BCUT2D eigenvalue weighted by Crippen LogP contribution is 2.24. The summed E-state index contributed by atoms with van der Waals surface area (Å²) >= 11 is 0. The predicted molar refractivity (Wildman–Crippen MR) is 47.9 cm³/mol. The maximum absolute atomic E-state index is 9.70. The molecule has 1 aromatic heterocycles. The zero-order valence-electron chi connectivity index (χ0n) is 8.14. The molecule has 78 valence electrons. The predicted octanol–water partition coefficient (Wildman–Crippen LogP) is 0.497. The molecule has 5 nitrogen and oxygen atoms in total. The van der Waals surface area contributed by atoms with Gasteiger partial charge in [0.05, 0.1) is 18.6 Å². The molecule has 0 spiro atoms. The van der Waals surface area contributed by atoms with E-state index in [9.17, 15) is 5.11 Å². The maximum atomic E-state index is 9.70. The van der Waals surface area contributed by atoms with Gasteiger partial charge in [-0.05, 0) is 6.42 Å². The second-order valence-electron chi connectivity index (χ2n) is 3.44.